The smallest absolute Gasteiger partial charge is 0.0636 e. The highest BCUT2D eigenvalue weighted by atomic mass is 16.3. The number of nitrogens with one attached hydrogen (secondary N) is 1. The van der Waals surface area contributed by atoms with Crippen LogP contribution in [-0.2, 0) is 0 Å². The molecule has 0 saturated heterocycles. The molecular weight excluding hydrogens is 178 g/mol. The minimum absolute atomic E-state index is 0.0384. The van der Waals surface area contributed by atoms with E-state index in [1.165, 1.54) is 0 Å². The van der Waals surface area contributed by atoms with Crippen LogP contribution in [0, 0.1) is 0 Å². The highest BCUT2D eigenvalue weighted by Gasteiger charge is 2.09. The first-order valence-electron chi connectivity index (χ1n) is 4.81. The second kappa shape index (κ2) is 5.75. The standard InChI is InChI=1S/C11H17NO2/c1-9(14)7-12-11(8-13)10-5-3-2-4-6-10/h2-6,9,11-14H,7-8H2,1H3/t9-,11?/m0/s1. The van der Waals surface area contributed by atoms with Crippen LogP contribution in [0.2, 0.25) is 0 Å². The molecule has 0 radical (unpaired) electrons. The van der Waals surface area contributed by atoms with E-state index in [2.05, 4.69) is 5.32 Å². The van der Waals surface area contributed by atoms with Crippen LogP contribution in [0.25, 0.3) is 0 Å². The van der Waals surface area contributed by atoms with Crippen molar-refractivity contribution in [2.45, 2.75) is 19.1 Å². The van der Waals surface area contributed by atoms with Gasteiger partial charge in [-0.05, 0) is 12.5 Å². The topological polar surface area (TPSA) is 52.5 Å². The number of aliphatic hydroxyl groups is 2. The molecule has 2 atom stereocenters. The van der Waals surface area contributed by atoms with Gasteiger partial charge in [0, 0.05) is 6.54 Å². The van der Waals surface area contributed by atoms with E-state index in [9.17, 15) is 0 Å². The average Bonchev–Trinajstić information content (AvgIpc) is 2.20. The largest absolute Gasteiger partial charge is 0.394 e. The highest BCUT2D eigenvalue weighted by molar-refractivity contribution is 5.18. The third kappa shape index (κ3) is 3.46. The van der Waals surface area contributed by atoms with Crippen molar-refractivity contribution in [2.75, 3.05) is 13.2 Å². The van der Waals surface area contributed by atoms with E-state index >= 15 is 0 Å². The van der Waals surface area contributed by atoms with Gasteiger partial charge < -0.3 is 15.5 Å². The summed E-state index contributed by atoms with van der Waals surface area (Å²) in [6, 6.07) is 9.62. The van der Waals surface area contributed by atoms with Crippen molar-refractivity contribution in [2.24, 2.45) is 0 Å². The second-order valence-corrected chi connectivity index (χ2v) is 3.40. The molecule has 78 valence electrons. The Morgan fingerprint density at radius 3 is 2.43 bits per heavy atom. The minimum Gasteiger partial charge on any atom is -0.394 e. The van der Waals surface area contributed by atoms with Gasteiger partial charge in [0.1, 0.15) is 0 Å². The third-order valence-electron chi connectivity index (χ3n) is 2.04. The molecule has 0 heterocycles. The van der Waals surface area contributed by atoms with Crippen LogP contribution >= 0.6 is 0 Å². The van der Waals surface area contributed by atoms with Crippen LogP contribution in [0.3, 0.4) is 0 Å². The molecule has 3 nitrogen and oxygen atoms in total. The van der Waals surface area contributed by atoms with E-state index in [-0.39, 0.29) is 12.6 Å². The fraction of sp³-hybridized carbons (Fsp3) is 0.455. The Labute approximate surface area is 84.4 Å². The van der Waals surface area contributed by atoms with Gasteiger partial charge in [-0.1, -0.05) is 30.3 Å². The van der Waals surface area contributed by atoms with Gasteiger partial charge in [0.05, 0.1) is 18.8 Å². The van der Waals surface area contributed by atoms with E-state index in [0.717, 1.165) is 5.56 Å². The maximum Gasteiger partial charge on any atom is 0.0636 e. The number of aliphatic hydroxyl groups excluding tert-OH is 2. The maximum absolute atomic E-state index is 9.15. The molecule has 0 aliphatic heterocycles. The lowest BCUT2D eigenvalue weighted by atomic mass is 10.1. The molecule has 0 fully saturated rings. The molecule has 0 amide bonds. The molecule has 1 rings (SSSR count). The summed E-state index contributed by atoms with van der Waals surface area (Å²) in [5.74, 6) is 0. The van der Waals surface area contributed by atoms with Crippen LogP contribution in [0.1, 0.15) is 18.5 Å². The summed E-state index contributed by atoms with van der Waals surface area (Å²) in [6.07, 6.45) is -0.396. The summed E-state index contributed by atoms with van der Waals surface area (Å²) in [4.78, 5) is 0. The van der Waals surface area contributed by atoms with Crippen molar-refractivity contribution in [3.8, 4) is 0 Å². The molecule has 0 bridgehead atoms. The Balaban J connectivity index is 2.54. The first-order chi connectivity index (χ1) is 6.74. The molecule has 3 N–H and O–H groups in total. The van der Waals surface area contributed by atoms with Crippen LogP contribution < -0.4 is 5.32 Å². The van der Waals surface area contributed by atoms with E-state index in [4.69, 9.17) is 10.2 Å². The summed E-state index contributed by atoms with van der Waals surface area (Å²) in [7, 11) is 0. The van der Waals surface area contributed by atoms with E-state index in [1.807, 2.05) is 30.3 Å². The lowest BCUT2D eigenvalue weighted by Crippen LogP contribution is -2.30. The van der Waals surface area contributed by atoms with Crippen molar-refractivity contribution in [1.29, 1.82) is 0 Å². The van der Waals surface area contributed by atoms with Crippen LogP contribution in [0.15, 0.2) is 30.3 Å². The van der Waals surface area contributed by atoms with Crippen LogP contribution in [0.5, 0.6) is 0 Å². The summed E-state index contributed by atoms with van der Waals surface area (Å²) < 4.78 is 0. The lowest BCUT2D eigenvalue weighted by molar-refractivity contribution is 0.172. The Kier molecular flexibility index (Phi) is 4.59. The van der Waals surface area contributed by atoms with Crippen molar-refractivity contribution in [1.82, 2.24) is 5.32 Å². The first kappa shape index (κ1) is 11.2. The number of rotatable bonds is 5. The van der Waals surface area contributed by atoms with Crippen molar-refractivity contribution < 1.29 is 10.2 Å². The summed E-state index contributed by atoms with van der Waals surface area (Å²) in [5.41, 5.74) is 1.04. The minimum atomic E-state index is -0.396. The predicted molar refractivity (Wildman–Crippen MR) is 56.0 cm³/mol. The summed E-state index contributed by atoms with van der Waals surface area (Å²) in [6.45, 7) is 2.24. The molecule has 0 spiro atoms. The van der Waals surface area contributed by atoms with Gasteiger partial charge in [-0.15, -0.1) is 0 Å². The second-order valence-electron chi connectivity index (χ2n) is 3.40. The Hall–Kier alpha value is -0.900. The molecule has 1 aromatic carbocycles. The zero-order chi connectivity index (χ0) is 10.4. The molecule has 14 heavy (non-hydrogen) atoms. The zero-order valence-corrected chi connectivity index (χ0v) is 8.35. The van der Waals surface area contributed by atoms with Gasteiger partial charge >= 0.3 is 0 Å². The van der Waals surface area contributed by atoms with Gasteiger partial charge in [0.15, 0.2) is 0 Å². The third-order valence-corrected chi connectivity index (χ3v) is 2.04. The number of hydrogen-bond donors (Lipinski definition) is 3. The van der Waals surface area contributed by atoms with Crippen molar-refractivity contribution in [3.63, 3.8) is 0 Å². The molecule has 0 aliphatic rings. The Bertz CT molecular complexity index is 249. The van der Waals surface area contributed by atoms with E-state index < -0.39 is 6.10 Å². The normalized spacial score (nSPS) is 15.1. The first-order valence-corrected chi connectivity index (χ1v) is 4.81. The Morgan fingerprint density at radius 1 is 1.29 bits per heavy atom. The summed E-state index contributed by atoms with van der Waals surface area (Å²) in [5, 5.41) is 21.3. The fourth-order valence-corrected chi connectivity index (χ4v) is 1.29. The van der Waals surface area contributed by atoms with Crippen molar-refractivity contribution in [3.05, 3.63) is 35.9 Å². The lowest BCUT2D eigenvalue weighted by Gasteiger charge is -2.17. The van der Waals surface area contributed by atoms with E-state index in [0.29, 0.717) is 6.54 Å². The summed E-state index contributed by atoms with van der Waals surface area (Å²) >= 11 is 0. The fourth-order valence-electron chi connectivity index (χ4n) is 1.29. The monoisotopic (exact) mass is 195 g/mol. The average molecular weight is 195 g/mol. The van der Waals surface area contributed by atoms with Gasteiger partial charge in [-0.2, -0.15) is 0 Å². The van der Waals surface area contributed by atoms with E-state index in [1.54, 1.807) is 6.92 Å². The maximum atomic E-state index is 9.15. The molecule has 0 aromatic heterocycles. The van der Waals surface area contributed by atoms with Gasteiger partial charge in [0.2, 0.25) is 0 Å². The quantitative estimate of drug-likeness (QED) is 0.648. The van der Waals surface area contributed by atoms with Gasteiger partial charge in [0.25, 0.3) is 0 Å². The molecule has 0 saturated carbocycles. The molecular formula is C11H17NO2. The number of hydrogen-bond acceptors (Lipinski definition) is 3. The van der Waals surface area contributed by atoms with Gasteiger partial charge in [-0.3, -0.25) is 0 Å². The van der Waals surface area contributed by atoms with Crippen LogP contribution in [-0.4, -0.2) is 29.5 Å². The predicted octanol–water partition coefficient (Wildman–Crippen LogP) is 0.690. The van der Waals surface area contributed by atoms with Crippen molar-refractivity contribution >= 4 is 0 Å². The van der Waals surface area contributed by atoms with Crippen LogP contribution in [0.4, 0.5) is 0 Å². The zero-order valence-electron chi connectivity index (χ0n) is 8.35. The number of benzene rings is 1. The highest BCUT2D eigenvalue weighted by Crippen LogP contribution is 2.10. The van der Waals surface area contributed by atoms with Gasteiger partial charge in [-0.25, -0.2) is 0 Å². The molecule has 1 unspecified atom stereocenters. The SMILES string of the molecule is C[C@H](O)CNC(CO)c1ccccc1. The Morgan fingerprint density at radius 2 is 1.93 bits per heavy atom. The molecule has 0 aliphatic carbocycles. The molecule has 3 heteroatoms. The molecule has 1 aromatic rings.